The molecule has 1 atom stereocenters. The second-order valence-electron chi connectivity index (χ2n) is 5.79. The van der Waals surface area contributed by atoms with Gasteiger partial charge in [-0.15, -0.1) is 0 Å². The van der Waals surface area contributed by atoms with Crippen LogP contribution in [0.25, 0.3) is 0 Å². The van der Waals surface area contributed by atoms with E-state index in [0.29, 0.717) is 0 Å². The number of likely N-dealkylation sites (N-methyl/N-ethyl adjacent to an activating group) is 1. The molecule has 1 aromatic rings. The SMILES string of the molecule is CN(CC(=O)Nc1ccccc1)C(=O)C1(C)CCCCN1. The molecule has 0 spiro atoms. The molecule has 114 valence electrons. The number of rotatable bonds is 4. The van der Waals surface area contributed by atoms with E-state index >= 15 is 0 Å². The molecule has 2 rings (SSSR count). The van der Waals surface area contributed by atoms with Gasteiger partial charge in [0.05, 0.1) is 12.1 Å². The highest BCUT2D eigenvalue weighted by atomic mass is 16.2. The Morgan fingerprint density at radius 1 is 1.29 bits per heavy atom. The number of nitrogens with zero attached hydrogens (tertiary/aromatic N) is 1. The summed E-state index contributed by atoms with van der Waals surface area (Å²) in [5.74, 6) is -0.207. The van der Waals surface area contributed by atoms with Crippen molar-refractivity contribution in [1.29, 1.82) is 0 Å². The minimum absolute atomic E-state index is 0.0228. The van der Waals surface area contributed by atoms with E-state index in [-0.39, 0.29) is 18.4 Å². The van der Waals surface area contributed by atoms with Crippen LogP contribution in [0.1, 0.15) is 26.2 Å². The number of nitrogens with one attached hydrogen (secondary N) is 2. The van der Waals surface area contributed by atoms with Crippen molar-refractivity contribution < 1.29 is 9.59 Å². The number of carbonyl (C=O) groups excluding carboxylic acids is 2. The van der Waals surface area contributed by atoms with Crippen LogP contribution >= 0.6 is 0 Å². The quantitative estimate of drug-likeness (QED) is 0.885. The molecule has 1 aliphatic rings. The molecule has 0 aliphatic carbocycles. The lowest BCUT2D eigenvalue weighted by molar-refractivity contribution is -0.139. The molecule has 2 amide bonds. The van der Waals surface area contributed by atoms with Gasteiger partial charge in [0.1, 0.15) is 0 Å². The maximum atomic E-state index is 12.5. The highest BCUT2D eigenvalue weighted by molar-refractivity contribution is 5.96. The molecule has 1 heterocycles. The fourth-order valence-electron chi connectivity index (χ4n) is 2.67. The van der Waals surface area contributed by atoms with Crippen molar-refractivity contribution in [3.63, 3.8) is 0 Å². The summed E-state index contributed by atoms with van der Waals surface area (Å²) in [7, 11) is 1.68. The van der Waals surface area contributed by atoms with Crippen molar-refractivity contribution >= 4 is 17.5 Å². The van der Waals surface area contributed by atoms with Crippen molar-refractivity contribution in [2.75, 3.05) is 25.5 Å². The molecule has 1 fully saturated rings. The fraction of sp³-hybridized carbons (Fsp3) is 0.500. The molecule has 1 aromatic carbocycles. The number of para-hydroxylation sites is 1. The average Bonchev–Trinajstić information content (AvgIpc) is 2.48. The third-order valence-corrected chi connectivity index (χ3v) is 3.88. The van der Waals surface area contributed by atoms with Crippen LogP contribution in [-0.4, -0.2) is 42.4 Å². The van der Waals surface area contributed by atoms with Gasteiger partial charge in [-0.25, -0.2) is 0 Å². The van der Waals surface area contributed by atoms with Gasteiger partial charge in [0.2, 0.25) is 11.8 Å². The molecule has 1 unspecified atom stereocenters. The van der Waals surface area contributed by atoms with Crippen LogP contribution in [-0.2, 0) is 9.59 Å². The molecule has 5 nitrogen and oxygen atoms in total. The lowest BCUT2D eigenvalue weighted by Crippen LogP contribution is -2.58. The normalized spacial score (nSPS) is 21.6. The van der Waals surface area contributed by atoms with E-state index in [0.717, 1.165) is 31.5 Å². The Morgan fingerprint density at radius 2 is 2.00 bits per heavy atom. The van der Waals surface area contributed by atoms with Gasteiger partial charge in [-0.3, -0.25) is 9.59 Å². The maximum absolute atomic E-state index is 12.5. The molecule has 5 heteroatoms. The smallest absolute Gasteiger partial charge is 0.243 e. The Morgan fingerprint density at radius 3 is 2.62 bits per heavy atom. The second kappa shape index (κ2) is 6.72. The minimum Gasteiger partial charge on any atom is -0.335 e. The third-order valence-electron chi connectivity index (χ3n) is 3.88. The summed E-state index contributed by atoms with van der Waals surface area (Å²) < 4.78 is 0. The van der Waals surface area contributed by atoms with Crippen LogP contribution in [0.2, 0.25) is 0 Å². The number of piperidine rings is 1. The number of amides is 2. The summed E-state index contributed by atoms with van der Waals surface area (Å²) >= 11 is 0. The van der Waals surface area contributed by atoms with E-state index in [1.165, 1.54) is 4.90 Å². The fourth-order valence-corrected chi connectivity index (χ4v) is 2.67. The van der Waals surface area contributed by atoms with E-state index in [4.69, 9.17) is 0 Å². The Bertz CT molecular complexity index is 496. The molecule has 1 aliphatic heterocycles. The monoisotopic (exact) mass is 289 g/mol. The molecular formula is C16H23N3O2. The van der Waals surface area contributed by atoms with E-state index < -0.39 is 5.54 Å². The number of benzene rings is 1. The number of carbonyl (C=O) groups is 2. The third kappa shape index (κ3) is 4.04. The number of hydrogen-bond donors (Lipinski definition) is 2. The Labute approximate surface area is 125 Å². The first kappa shape index (κ1) is 15.5. The molecule has 21 heavy (non-hydrogen) atoms. The van der Waals surface area contributed by atoms with E-state index in [9.17, 15) is 9.59 Å². The molecule has 0 aromatic heterocycles. The summed E-state index contributed by atoms with van der Waals surface area (Å²) in [6, 6.07) is 9.25. The van der Waals surface area contributed by atoms with Crippen molar-refractivity contribution in [2.24, 2.45) is 0 Å². The predicted molar refractivity (Wildman–Crippen MR) is 83.0 cm³/mol. The summed E-state index contributed by atoms with van der Waals surface area (Å²) in [5.41, 5.74) is 0.199. The van der Waals surface area contributed by atoms with Crippen LogP contribution in [0.15, 0.2) is 30.3 Å². The molecule has 1 saturated heterocycles. The largest absolute Gasteiger partial charge is 0.335 e. The average molecular weight is 289 g/mol. The molecule has 0 saturated carbocycles. The van der Waals surface area contributed by atoms with Crippen LogP contribution in [0.4, 0.5) is 5.69 Å². The molecular weight excluding hydrogens is 266 g/mol. The number of anilines is 1. The van der Waals surface area contributed by atoms with Crippen molar-refractivity contribution in [1.82, 2.24) is 10.2 Å². The molecule has 2 N–H and O–H groups in total. The Balaban J connectivity index is 1.89. The van der Waals surface area contributed by atoms with Gasteiger partial charge in [-0.05, 0) is 44.9 Å². The standard InChI is InChI=1S/C16H23N3O2/c1-16(10-6-7-11-17-16)15(21)19(2)12-14(20)18-13-8-4-3-5-9-13/h3-5,8-9,17H,6-7,10-12H2,1-2H3,(H,18,20). The maximum Gasteiger partial charge on any atom is 0.243 e. The lowest BCUT2D eigenvalue weighted by atomic mass is 9.89. The van der Waals surface area contributed by atoms with Gasteiger partial charge >= 0.3 is 0 Å². The minimum atomic E-state index is -0.542. The highest BCUT2D eigenvalue weighted by Crippen LogP contribution is 2.20. The second-order valence-corrected chi connectivity index (χ2v) is 5.79. The predicted octanol–water partition coefficient (Wildman–Crippen LogP) is 1.62. The van der Waals surface area contributed by atoms with Gasteiger partial charge in [-0.2, -0.15) is 0 Å². The summed E-state index contributed by atoms with van der Waals surface area (Å²) in [5, 5.41) is 6.07. The lowest BCUT2D eigenvalue weighted by Gasteiger charge is -2.36. The highest BCUT2D eigenvalue weighted by Gasteiger charge is 2.36. The zero-order valence-corrected chi connectivity index (χ0v) is 12.7. The van der Waals surface area contributed by atoms with E-state index in [1.807, 2.05) is 37.3 Å². The first-order valence-electron chi connectivity index (χ1n) is 7.37. The Kier molecular flexibility index (Phi) is 4.96. The van der Waals surface area contributed by atoms with Crippen LogP contribution in [0.5, 0.6) is 0 Å². The van der Waals surface area contributed by atoms with Crippen molar-refractivity contribution in [3.8, 4) is 0 Å². The molecule has 0 radical (unpaired) electrons. The molecule has 0 bridgehead atoms. The summed E-state index contributed by atoms with van der Waals surface area (Å²) in [6.07, 6.45) is 2.96. The van der Waals surface area contributed by atoms with E-state index in [1.54, 1.807) is 7.05 Å². The Hall–Kier alpha value is -1.88. The summed E-state index contributed by atoms with van der Waals surface area (Å²) in [4.78, 5) is 26.0. The van der Waals surface area contributed by atoms with Gasteiger partial charge in [-0.1, -0.05) is 18.2 Å². The van der Waals surface area contributed by atoms with Gasteiger partial charge < -0.3 is 15.5 Å². The van der Waals surface area contributed by atoms with Crippen LogP contribution in [0, 0.1) is 0 Å². The van der Waals surface area contributed by atoms with Crippen molar-refractivity contribution in [2.45, 2.75) is 31.7 Å². The number of hydrogen-bond acceptors (Lipinski definition) is 3. The van der Waals surface area contributed by atoms with Crippen molar-refractivity contribution in [3.05, 3.63) is 30.3 Å². The topological polar surface area (TPSA) is 61.4 Å². The van der Waals surface area contributed by atoms with Crippen LogP contribution < -0.4 is 10.6 Å². The van der Waals surface area contributed by atoms with E-state index in [2.05, 4.69) is 10.6 Å². The first-order chi connectivity index (χ1) is 10.0. The van der Waals surface area contributed by atoms with Gasteiger partial charge in [0.25, 0.3) is 0 Å². The van der Waals surface area contributed by atoms with Crippen LogP contribution in [0.3, 0.4) is 0 Å². The first-order valence-corrected chi connectivity index (χ1v) is 7.37. The summed E-state index contributed by atoms with van der Waals surface area (Å²) in [6.45, 7) is 2.83. The zero-order chi connectivity index (χ0) is 15.3. The van der Waals surface area contributed by atoms with Gasteiger partial charge in [0, 0.05) is 12.7 Å². The van der Waals surface area contributed by atoms with Gasteiger partial charge in [0.15, 0.2) is 0 Å². The zero-order valence-electron chi connectivity index (χ0n) is 12.7.